The zero-order chi connectivity index (χ0) is 21.8. The van der Waals surface area contributed by atoms with Crippen LogP contribution in [0.1, 0.15) is 36.0 Å². The van der Waals surface area contributed by atoms with Crippen molar-refractivity contribution in [2.45, 2.75) is 37.3 Å². The molecule has 0 saturated carbocycles. The van der Waals surface area contributed by atoms with Gasteiger partial charge in [-0.05, 0) is 71.7 Å². The second-order valence-corrected chi connectivity index (χ2v) is 8.47. The van der Waals surface area contributed by atoms with Gasteiger partial charge in [0, 0.05) is 14.2 Å². The minimum Gasteiger partial charge on any atom is -0.381 e. The van der Waals surface area contributed by atoms with Crippen LogP contribution in [0.3, 0.4) is 0 Å². The molecule has 0 aromatic heterocycles. The molecule has 1 amide bonds. The number of nitrogens with two attached hydrogens (primary N) is 1. The van der Waals surface area contributed by atoms with E-state index in [4.69, 9.17) is 15.5 Å². The van der Waals surface area contributed by atoms with E-state index in [1.807, 2.05) is 18.2 Å². The average Bonchev–Trinajstić information content (AvgIpc) is 3.03. The fourth-order valence-corrected chi connectivity index (χ4v) is 5.22. The maximum Gasteiger partial charge on any atom is 0.266 e. The molecule has 31 heavy (non-hydrogen) atoms. The number of hydrogen-bond donors (Lipinski definition) is 1. The lowest BCUT2D eigenvalue weighted by atomic mass is 9.67. The molecule has 2 aromatic carbocycles. The largest absolute Gasteiger partial charge is 0.381 e. The van der Waals surface area contributed by atoms with Crippen LogP contribution < -0.4 is 5.73 Å². The summed E-state index contributed by atoms with van der Waals surface area (Å²) in [7, 11) is 3.43. The molecule has 2 atom stereocenters. The van der Waals surface area contributed by atoms with Crippen molar-refractivity contribution in [1.82, 2.24) is 4.90 Å². The fourth-order valence-electron chi connectivity index (χ4n) is 5.22. The van der Waals surface area contributed by atoms with E-state index < -0.39 is 5.54 Å². The van der Waals surface area contributed by atoms with E-state index in [0.29, 0.717) is 5.56 Å². The van der Waals surface area contributed by atoms with Crippen molar-refractivity contribution in [1.29, 1.82) is 5.26 Å². The summed E-state index contributed by atoms with van der Waals surface area (Å²) in [6.07, 6.45) is 3.39. The summed E-state index contributed by atoms with van der Waals surface area (Å²) in [6, 6.07) is 15.9. The van der Waals surface area contributed by atoms with Gasteiger partial charge in [0.05, 0.1) is 17.7 Å². The number of methoxy groups -OCH3 is 1. The van der Waals surface area contributed by atoms with Gasteiger partial charge in [0.15, 0.2) is 11.5 Å². The minimum absolute atomic E-state index is 0.0998. The Morgan fingerprint density at radius 1 is 1.26 bits per heavy atom. The first-order chi connectivity index (χ1) is 15.0. The van der Waals surface area contributed by atoms with Crippen LogP contribution in [0.15, 0.2) is 58.6 Å². The van der Waals surface area contributed by atoms with Gasteiger partial charge in [-0.15, -0.1) is 0 Å². The lowest BCUT2D eigenvalue weighted by Crippen LogP contribution is -2.45. The summed E-state index contributed by atoms with van der Waals surface area (Å²) < 4.78 is 5.63. The van der Waals surface area contributed by atoms with Crippen LogP contribution in [0.5, 0.6) is 0 Å². The summed E-state index contributed by atoms with van der Waals surface area (Å²) in [5.74, 6) is 0.146. The van der Waals surface area contributed by atoms with Gasteiger partial charge in [-0.1, -0.05) is 29.8 Å². The lowest BCUT2D eigenvalue weighted by Gasteiger charge is -2.40. The molecule has 2 N–H and O–H groups in total. The fraction of sp³-hybridized carbons (Fsp3) is 0.320. The predicted octanol–water partition coefficient (Wildman–Crippen LogP) is 3.26. The van der Waals surface area contributed by atoms with E-state index in [2.05, 4.69) is 24.3 Å². The molecule has 6 heteroatoms. The third-order valence-corrected chi connectivity index (χ3v) is 6.86. The van der Waals surface area contributed by atoms with Crippen LogP contribution in [0.25, 0.3) is 11.1 Å². The number of nitrogens with zero attached hydrogens (tertiary/aromatic N) is 3. The Kier molecular flexibility index (Phi) is 4.45. The third-order valence-electron chi connectivity index (χ3n) is 6.86. The molecule has 1 aliphatic heterocycles. The van der Waals surface area contributed by atoms with Crippen molar-refractivity contribution in [3.8, 4) is 17.2 Å². The number of likely N-dealkylation sites (N-methyl/N-ethyl adjacent to an activating group) is 1. The van der Waals surface area contributed by atoms with Crippen LogP contribution in [0.4, 0.5) is 0 Å². The molecule has 6 nitrogen and oxygen atoms in total. The van der Waals surface area contributed by atoms with Gasteiger partial charge in [0.2, 0.25) is 0 Å². The van der Waals surface area contributed by atoms with E-state index >= 15 is 0 Å². The van der Waals surface area contributed by atoms with Crippen LogP contribution >= 0.6 is 0 Å². The zero-order valence-corrected chi connectivity index (χ0v) is 17.7. The number of fused-ring (bicyclic) bond motifs is 3. The second-order valence-electron chi connectivity index (χ2n) is 8.47. The zero-order valence-electron chi connectivity index (χ0n) is 17.7. The van der Waals surface area contributed by atoms with Gasteiger partial charge in [-0.2, -0.15) is 5.26 Å². The Hall–Kier alpha value is -3.43. The van der Waals surface area contributed by atoms with Crippen molar-refractivity contribution in [3.05, 3.63) is 70.3 Å². The molecule has 1 spiro atoms. The highest BCUT2D eigenvalue weighted by molar-refractivity contribution is 6.09. The average molecular weight is 412 g/mol. The number of benzene rings is 2. The Morgan fingerprint density at radius 3 is 2.77 bits per heavy atom. The van der Waals surface area contributed by atoms with Gasteiger partial charge >= 0.3 is 0 Å². The molecule has 2 aromatic rings. The van der Waals surface area contributed by atoms with Gasteiger partial charge in [0.25, 0.3) is 5.91 Å². The number of aliphatic imine (C=N–C) groups is 1. The molecule has 5 rings (SSSR count). The third kappa shape index (κ3) is 2.81. The molecular formula is C25H24N4O2. The SMILES string of the molecule is COC1CCC2=C(Cc3ccc(-c4cccc(C#N)c4)cc3C23N=C(N)N(C)C3=O)C1. The van der Waals surface area contributed by atoms with Crippen molar-refractivity contribution in [2.75, 3.05) is 14.2 Å². The number of rotatable bonds is 2. The first-order valence-electron chi connectivity index (χ1n) is 10.5. The van der Waals surface area contributed by atoms with Crippen LogP contribution in [0, 0.1) is 11.3 Å². The van der Waals surface area contributed by atoms with Crippen LogP contribution in [0.2, 0.25) is 0 Å². The molecule has 0 bridgehead atoms. The number of carbonyl (C=O) groups excluding carboxylic acids is 1. The van der Waals surface area contributed by atoms with E-state index in [9.17, 15) is 10.1 Å². The standard InChI is InChI=1S/C25H24N4O2/c1-29-23(30)25(28-24(29)27)21-9-8-20(31-2)12-19(21)11-18-7-6-17(13-22(18)25)16-5-3-4-15(10-16)14-26/h3-7,10,13,20H,8-9,11-12H2,1-2H3,(H2,27,28). The Labute approximate surface area is 181 Å². The molecule has 1 heterocycles. The minimum atomic E-state index is -1.09. The van der Waals surface area contributed by atoms with Crippen molar-refractivity contribution in [2.24, 2.45) is 10.7 Å². The molecule has 0 fully saturated rings. The molecule has 0 saturated heterocycles. The van der Waals surface area contributed by atoms with Gasteiger partial charge in [-0.25, -0.2) is 4.99 Å². The summed E-state index contributed by atoms with van der Waals surface area (Å²) in [5.41, 5.74) is 11.9. The van der Waals surface area contributed by atoms with E-state index in [-0.39, 0.29) is 18.0 Å². The van der Waals surface area contributed by atoms with Gasteiger partial charge < -0.3 is 10.5 Å². The first kappa shape index (κ1) is 19.5. The highest BCUT2D eigenvalue weighted by Gasteiger charge is 2.54. The van der Waals surface area contributed by atoms with Gasteiger partial charge in [-0.3, -0.25) is 9.69 Å². The van der Waals surface area contributed by atoms with E-state index in [1.165, 1.54) is 10.5 Å². The van der Waals surface area contributed by atoms with E-state index in [0.717, 1.165) is 53.5 Å². The van der Waals surface area contributed by atoms with Crippen LogP contribution in [-0.2, 0) is 21.5 Å². The number of carbonyl (C=O) groups is 1. The second kappa shape index (κ2) is 7.07. The highest BCUT2D eigenvalue weighted by atomic mass is 16.5. The molecule has 2 unspecified atom stereocenters. The molecule has 0 radical (unpaired) electrons. The molecule has 156 valence electrons. The highest BCUT2D eigenvalue weighted by Crippen LogP contribution is 2.51. The first-order valence-corrected chi connectivity index (χ1v) is 10.5. The van der Waals surface area contributed by atoms with Gasteiger partial charge in [0.1, 0.15) is 0 Å². The number of hydrogen-bond acceptors (Lipinski definition) is 5. The maximum atomic E-state index is 13.6. The summed E-state index contributed by atoms with van der Waals surface area (Å²) in [6.45, 7) is 0. The number of guanidine groups is 1. The smallest absolute Gasteiger partial charge is 0.266 e. The molecular weight excluding hydrogens is 388 g/mol. The van der Waals surface area contributed by atoms with E-state index in [1.54, 1.807) is 20.2 Å². The Morgan fingerprint density at radius 2 is 2.06 bits per heavy atom. The Balaban J connectivity index is 1.71. The number of amides is 1. The van der Waals surface area contributed by atoms with Crippen molar-refractivity contribution in [3.63, 3.8) is 0 Å². The lowest BCUT2D eigenvalue weighted by molar-refractivity contribution is -0.129. The summed E-state index contributed by atoms with van der Waals surface area (Å²) in [4.78, 5) is 19.9. The number of nitriles is 1. The van der Waals surface area contributed by atoms with Crippen molar-refractivity contribution < 1.29 is 9.53 Å². The molecule has 3 aliphatic rings. The predicted molar refractivity (Wildman–Crippen MR) is 118 cm³/mol. The monoisotopic (exact) mass is 412 g/mol. The molecule has 2 aliphatic carbocycles. The summed E-state index contributed by atoms with van der Waals surface area (Å²) >= 11 is 0. The quantitative estimate of drug-likeness (QED) is 0.767. The Bertz CT molecular complexity index is 1210. The summed E-state index contributed by atoms with van der Waals surface area (Å²) in [5, 5.41) is 9.28. The number of ether oxygens (including phenoxy) is 1. The maximum absolute atomic E-state index is 13.6. The normalized spacial score (nSPS) is 24.7. The van der Waals surface area contributed by atoms with Crippen molar-refractivity contribution >= 4 is 11.9 Å². The topological polar surface area (TPSA) is 91.7 Å². The van der Waals surface area contributed by atoms with Crippen LogP contribution in [-0.4, -0.2) is 37.0 Å².